The third-order valence-corrected chi connectivity index (χ3v) is 8.60. The lowest BCUT2D eigenvalue weighted by Crippen LogP contribution is -2.49. The highest BCUT2D eigenvalue weighted by Crippen LogP contribution is 2.35. The molecule has 0 saturated carbocycles. The zero-order chi connectivity index (χ0) is 29.7. The van der Waals surface area contributed by atoms with Crippen molar-refractivity contribution in [2.24, 2.45) is 4.99 Å². The quantitative estimate of drug-likeness (QED) is 0.409. The molecule has 14 heteroatoms. The highest BCUT2D eigenvalue weighted by Gasteiger charge is 2.47. The predicted molar refractivity (Wildman–Crippen MR) is 144 cm³/mol. The molecule has 3 heterocycles. The number of nitrogens with zero attached hydrogens (tertiary/aromatic N) is 3. The van der Waals surface area contributed by atoms with Crippen LogP contribution in [-0.2, 0) is 26.8 Å². The van der Waals surface area contributed by atoms with Crippen molar-refractivity contribution < 1.29 is 36.2 Å². The zero-order valence-corrected chi connectivity index (χ0v) is 22.8. The molecular formula is C27H25F4N5O4S. The summed E-state index contributed by atoms with van der Waals surface area (Å²) >= 11 is 0. The van der Waals surface area contributed by atoms with Crippen LogP contribution in [0.25, 0.3) is 6.08 Å². The number of carbonyl (C=O) groups excluding carboxylic acids is 3. The number of amides is 4. The second-order valence-corrected chi connectivity index (χ2v) is 11.4. The topological polar surface area (TPSA) is 111 Å². The fraction of sp³-hybridized carbons (Fsp3) is 0.333. The van der Waals surface area contributed by atoms with Crippen LogP contribution in [0.15, 0.2) is 40.7 Å². The number of nitrogens with one attached hydrogen (secondary N) is 2. The number of amidine groups is 1. The molecule has 2 aromatic carbocycles. The summed E-state index contributed by atoms with van der Waals surface area (Å²) in [5.74, 6) is -2.29. The summed E-state index contributed by atoms with van der Waals surface area (Å²) in [4.78, 5) is 42.4. The van der Waals surface area contributed by atoms with Crippen molar-refractivity contribution in [2.45, 2.75) is 38.4 Å². The average molecular weight is 592 g/mol. The van der Waals surface area contributed by atoms with Gasteiger partial charge < -0.3 is 10.6 Å². The summed E-state index contributed by atoms with van der Waals surface area (Å²) in [7, 11) is -1.55. The van der Waals surface area contributed by atoms with Crippen LogP contribution in [0.5, 0.6) is 0 Å². The van der Waals surface area contributed by atoms with Gasteiger partial charge in [0.1, 0.15) is 28.2 Å². The van der Waals surface area contributed by atoms with Crippen LogP contribution in [0.4, 0.5) is 28.0 Å². The number of hydrogen-bond acceptors (Lipinski definition) is 5. The first-order chi connectivity index (χ1) is 19.3. The molecular weight excluding hydrogens is 566 g/mol. The Morgan fingerprint density at radius 3 is 2.29 bits per heavy atom. The summed E-state index contributed by atoms with van der Waals surface area (Å²) in [6, 6.07) is 5.36. The summed E-state index contributed by atoms with van der Waals surface area (Å²) in [5.41, 5.74) is 0.0720. The van der Waals surface area contributed by atoms with Crippen molar-refractivity contribution in [3.63, 3.8) is 0 Å². The lowest BCUT2D eigenvalue weighted by atomic mass is 9.89. The summed E-state index contributed by atoms with van der Waals surface area (Å²) in [5, 5.41) is 6.52. The monoisotopic (exact) mass is 591 g/mol. The Morgan fingerprint density at radius 2 is 1.71 bits per heavy atom. The molecule has 3 aliphatic heterocycles. The maximum absolute atomic E-state index is 13.7. The third kappa shape index (κ3) is 5.40. The van der Waals surface area contributed by atoms with Gasteiger partial charge >= 0.3 is 12.2 Å². The largest absolute Gasteiger partial charge is 0.419 e. The first kappa shape index (κ1) is 28.6. The van der Waals surface area contributed by atoms with Crippen molar-refractivity contribution >= 4 is 46.4 Å². The number of alkyl halides is 3. The van der Waals surface area contributed by atoms with E-state index in [1.807, 2.05) is 13.8 Å². The van der Waals surface area contributed by atoms with E-state index in [1.165, 1.54) is 5.41 Å². The second-order valence-electron chi connectivity index (χ2n) is 10.0. The highest BCUT2D eigenvalue weighted by atomic mass is 32.2. The molecule has 4 amide bonds. The number of anilines is 1. The highest BCUT2D eigenvalue weighted by molar-refractivity contribution is 7.85. The van der Waals surface area contributed by atoms with Gasteiger partial charge in [-0.2, -0.15) is 13.2 Å². The van der Waals surface area contributed by atoms with E-state index in [2.05, 4.69) is 15.6 Å². The molecule has 5 rings (SSSR count). The number of carbonyl (C=O) groups is 3. The fourth-order valence-corrected chi connectivity index (χ4v) is 6.13. The lowest BCUT2D eigenvalue weighted by Gasteiger charge is -2.33. The van der Waals surface area contributed by atoms with E-state index >= 15 is 0 Å². The Bertz CT molecular complexity index is 1510. The van der Waals surface area contributed by atoms with E-state index in [9.17, 15) is 36.2 Å². The standard InChI is InChI=1S/C27H25F4N5O4S/c1-15-11-18(36-22(37)14-32-25(36)39)12-16(2)19(15)5-10-41(40)35-8-6-26(7-9-35)24(38)33-23(34-26)17-3-4-21(28)20(13-17)27(29,30)31/h3-5,10-13H,6-9,14H2,1-2H3,(H,32,39)(H,33,34,38)/b10-5+. The van der Waals surface area contributed by atoms with E-state index in [4.69, 9.17) is 0 Å². The van der Waals surface area contributed by atoms with Gasteiger partial charge in [-0.25, -0.2) is 22.6 Å². The van der Waals surface area contributed by atoms with E-state index in [0.717, 1.165) is 27.7 Å². The van der Waals surface area contributed by atoms with Gasteiger partial charge in [-0.3, -0.25) is 14.6 Å². The van der Waals surface area contributed by atoms with Crippen LogP contribution < -0.4 is 15.5 Å². The lowest BCUT2D eigenvalue weighted by molar-refractivity contribution is -0.140. The van der Waals surface area contributed by atoms with Crippen LogP contribution in [0, 0.1) is 19.7 Å². The first-order valence-corrected chi connectivity index (χ1v) is 13.8. The van der Waals surface area contributed by atoms with Crippen molar-refractivity contribution in [1.29, 1.82) is 0 Å². The maximum Gasteiger partial charge on any atom is 0.419 e. The van der Waals surface area contributed by atoms with Crippen molar-refractivity contribution in [1.82, 2.24) is 14.9 Å². The minimum Gasteiger partial charge on any atom is -0.328 e. The van der Waals surface area contributed by atoms with Crippen LogP contribution in [0.1, 0.15) is 40.7 Å². The van der Waals surface area contributed by atoms with Gasteiger partial charge in [-0.15, -0.1) is 0 Å². The number of rotatable bonds is 5. The maximum atomic E-state index is 13.7. The van der Waals surface area contributed by atoms with Gasteiger partial charge in [0.25, 0.3) is 11.8 Å². The molecule has 41 heavy (non-hydrogen) atoms. The molecule has 2 fully saturated rings. The molecule has 0 aromatic heterocycles. The minimum absolute atomic E-state index is 0.0515. The average Bonchev–Trinajstić information content (AvgIpc) is 3.41. The molecule has 0 radical (unpaired) electrons. The normalized spacial score (nSPS) is 20.1. The number of hydrogen-bond donors (Lipinski definition) is 2. The zero-order valence-electron chi connectivity index (χ0n) is 22.0. The van der Waals surface area contributed by atoms with Crippen LogP contribution >= 0.6 is 0 Å². The van der Waals surface area contributed by atoms with E-state index in [1.54, 1.807) is 22.5 Å². The van der Waals surface area contributed by atoms with Gasteiger partial charge in [0.15, 0.2) is 0 Å². The molecule has 2 saturated heterocycles. The second kappa shape index (κ2) is 10.5. The Balaban J connectivity index is 1.27. The van der Waals surface area contributed by atoms with Gasteiger partial charge in [0, 0.05) is 24.1 Å². The first-order valence-electron chi connectivity index (χ1n) is 12.6. The Hall–Kier alpha value is -3.91. The molecule has 2 aromatic rings. The number of halogens is 4. The van der Waals surface area contributed by atoms with Crippen molar-refractivity contribution in [3.8, 4) is 0 Å². The Labute approximate surface area is 234 Å². The van der Waals surface area contributed by atoms with Crippen LogP contribution in [0.3, 0.4) is 0 Å². The number of urea groups is 1. The number of aryl methyl sites for hydroxylation is 2. The molecule has 3 aliphatic rings. The molecule has 1 atom stereocenters. The van der Waals surface area contributed by atoms with Gasteiger partial charge in [-0.1, -0.05) is 0 Å². The molecule has 2 N–H and O–H groups in total. The number of piperidine rings is 1. The number of aliphatic imine (C=N–C) groups is 1. The van der Waals surface area contributed by atoms with Gasteiger partial charge in [0.2, 0.25) is 0 Å². The van der Waals surface area contributed by atoms with Crippen molar-refractivity contribution in [3.05, 3.63) is 69.4 Å². The van der Waals surface area contributed by atoms with Crippen LogP contribution in [-0.4, -0.2) is 57.4 Å². The molecule has 9 nitrogen and oxygen atoms in total. The molecule has 1 unspecified atom stereocenters. The number of benzene rings is 2. The van der Waals surface area contributed by atoms with Crippen LogP contribution in [0.2, 0.25) is 0 Å². The molecule has 216 valence electrons. The summed E-state index contributed by atoms with van der Waals surface area (Å²) < 4.78 is 67.9. The summed E-state index contributed by atoms with van der Waals surface area (Å²) in [6.45, 7) is 4.04. The predicted octanol–water partition coefficient (Wildman–Crippen LogP) is 3.56. The Kier molecular flexibility index (Phi) is 7.32. The Morgan fingerprint density at radius 1 is 1.05 bits per heavy atom. The summed E-state index contributed by atoms with van der Waals surface area (Å²) in [6.07, 6.45) is -2.82. The van der Waals surface area contributed by atoms with E-state index in [0.29, 0.717) is 17.8 Å². The smallest absolute Gasteiger partial charge is 0.328 e. The van der Waals surface area contributed by atoms with Gasteiger partial charge in [0.05, 0.1) is 17.8 Å². The molecule has 1 spiro atoms. The fourth-order valence-electron chi connectivity index (χ4n) is 5.16. The molecule has 0 aliphatic carbocycles. The third-order valence-electron chi connectivity index (χ3n) is 7.36. The van der Waals surface area contributed by atoms with Crippen molar-refractivity contribution in [2.75, 3.05) is 24.5 Å². The van der Waals surface area contributed by atoms with Gasteiger partial charge in [-0.05, 0) is 79.8 Å². The van der Waals surface area contributed by atoms with E-state index in [-0.39, 0.29) is 49.8 Å². The SMILES string of the molecule is Cc1cc(N2C(=O)CNC2=O)cc(C)c1/C=C/S(=O)N1CCC2(CC1)N=C(c1ccc(F)c(C(F)(F)F)c1)NC2=O. The number of imide groups is 1. The molecule has 0 bridgehead atoms. The minimum atomic E-state index is -4.90. The van der Waals surface area contributed by atoms with E-state index < -0.39 is 46.0 Å².